The van der Waals surface area contributed by atoms with E-state index in [1.807, 2.05) is 28.8 Å². The maximum Gasteiger partial charge on any atom is 0.272 e. The van der Waals surface area contributed by atoms with E-state index >= 15 is 0 Å². The van der Waals surface area contributed by atoms with Crippen LogP contribution in [0.15, 0.2) is 24.4 Å². The van der Waals surface area contributed by atoms with E-state index in [0.29, 0.717) is 25.5 Å². The summed E-state index contributed by atoms with van der Waals surface area (Å²) in [5.41, 5.74) is 1.16. The minimum Gasteiger partial charge on any atom is -0.378 e. The first-order valence-corrected chi connectivity index (χ1v) is 9.44. The van der Waals surface area contributed by atoms with Crippen LogP contribution >= 0.6 is 0 Å². The van der Waals surface area contributed by atoms with E-state index in [2.05, 4.69) is 49.8 Å². The topological polar surface area (TPSA) is 58.9 Å². The van der Waals surface area contributed by atoms with Crippen LogP contribution in [-0.2, 0) is 10.2 Å². The second kappa shape index (κ2) is 9.14. The quantitative estimate of drug-likeness (QED) is 0.699. The lowest BCUT2D eigenvalue weighted by atomic mass is 9.96. The van der Waals surface area contributed by atoms with Crippen molar-refractivity contribution >= 4 is 11.4 Å². The number of nitrogens with zero attached hydrogens (tertiary/aromatic N) is 3. The van der Waals surface area contributed by atoms with Crippen LogP contribution in [0.1, 0.15) is 50.9 Å². The van der Waals surface area contributed by atoms with Gasteiger partial charge in [0.25, 0.3) is 5.91 Å². The molecule has 0 aliphatic rings. The molecule has 0 aliphatic heterocycles. The molecular weight excluding hydrogens is 328 g/mol. The summed E-state index contributed by atoms with van der Waals surface area (Å²) in [7, 11) is 0. The zero-order valence-electron chi connectivity index (χ0n) is 16.7. The van der Waals surface area contributed by atoms with Gasteiger partial charge in [0.15, 0.2) is 5.69 Å². The summed E-state index contributed by atoms with van der Waals surface area (Å²) in [4.78, 5) is 19.5. The van der Waals surface area contributed by atoms with E-state index in [1.165, 1.54) is 0 Å². The highest BCUT2D eigenvalue weighted by Gasteiger charge is 2.24. The predicted octanol–water partition coefficient (Wildman–Crippen LogP) is 2.72. The molecule has 2 rings (SSSR count). The number of ether oxygens (including phenoxy) is 1. The average Bonchev–Trinajstić information content (AvgIpc) is 3.01. The number of hydrogen-bond acceptors (Lipinski definition) is 4. The van der Waals surface area contributed by atoms with Gasteiger partial charge in [0.1, 0.15) is 5.82 Å². The van der Waals surface area contributed by atoms with Crippen LogP contribution in [0.5, 0.6) is 0 Å². The molecule has 6 nitrogen and oxygen atoms in total. The zero-order chi connectivity index (χ0) is 19.2. The summed E-state index contributed by atoms with van der Waals surface area (Å²) in [6.45, 7) is 15.2. The van der Waals surface area contributed by atoms with Gasteiger partial charge >= 0.3 is 0 Å². The van der Waals surface area contributed by atoms with Crippen LogP contribution in [0.2, 0.25) is 0 Å². The summed E-state index contributed by atoms with van der Waals surface area (Å²) >= 11 is 0. The largest absolute Gasteiger partial charge is 0.378 e. The van der Waals surface area contributed by atoms with Gasteiger partial charge in [0.2, 0.25) is 0 Å². The average molecular weight is 361 g/mol. The van der Waals surface area contributed by atoms with Crippen LogP contribution < -0.4 is 5.32 Å². The van der Waals surface area contributed by atoms with Crippen LogP contribution in [0.25, 0.3) is 5.52 Å². The molecule has 0 fully saturated rings. The molecule has 0 unspecified atom stereocenters. The molecule has 144 valence electrons. The highest BCUT2D eigenvalue weighted by Crippen LogP contribution is 2.24. The number of hydrogen-bond donors (Lipinski definition) is 1. The molecule has 1 amide bonds. The highest BCUT2D eigenvalue weighted by molar-refractivity contribution is 5.99. The van der Waals surface area contributed by atoms with Crippen molar-refractivity contribution in [2.45, 2.75) is 40.0 Å². The van der Waals surface area contributed by atoms with Crippen LogP contribution in [0.4, 0.5) is 0 Å². The third-order valence-electron chi connectivity index (χ3n) is 4.41. The van der Waals surface area contributed by atoms with E-state index in [1.54, 1.807) is 0 Å². The maximum absolute atomic E-state index is 12.6. The minimum atomic E-state index is -0.156. The van der Waals surface area contributed by atoms with E-state index < -0.39 is 0 Å². The number of pyridine rings is 1. The summed E-state index contributed by atoms with van der Waals surface area (Å²) in [6, 6.07) is 5.81. The number of aromatic nitrogens is 2. The molecule has 0 aromatic carbocycles. The lowest BCUT2D eigenvalue weighted by molar-refractivity contribution is 0.0882. The number of imidazole rings is 1. The van der Waals surface area contributed by atoms with Crippen molar-refractivity contribution < 1.29 is 9.53 Å². The Morgan fingerprint density at radius 1 is 1.23 bits per heavy atom. The van der Waals surface area contributed by atoms with Crippen LogP contribution in [0, 0.1) is 0 Å². The fourth-order valence-electron chi connectivity index (χ4n) is 2.89. The molecule has 2 aromatic rings. The van der Waals surface area contributed by atoms with Crippen molar-refractivity contribution in [1.82, 2.24) is 19.6 Å². The van der Waals surface area contributed by atoms with Crippen molar-refractivity contribution in [3.63, 3.8) is 0 Å². The summed E-state index contributed by atoms with van der Waals surface area (Å²) in [5, 5.41) is 2.92. The number of fused-ring (bicyclic) bond motifs is 1. The molecule has 2 aromatic heterocycles. The first-order chi connectivity index (χ1) is 12.4. The Balaban J connectivity index is 1.92. The second-order valence-electron chi connectivity index (χ2n) is 7.39. The number of carbonyl (C=O) groups excluding carboxylic acids is 1. The van der Waals surface area contributed by atoms with Crippen molar-refractivity contribution in [3.05, 3.63) is 35.9 Å². The van der Waals surface area contributed by atoms with Gasteiger partial charge in [-0.15, -0.1) is 0 Å². The first-order valence-electron chi connectivity index (χ1n) is 9.44. The second-order valence-corrected chi connectivity index (χ2v) is 7.39. The van der Waals surface area contributed by atoms with Gasteiger partial charge in [0, 0.05) is 24.7 Å². The van der Waals surface area contributed by atoms with Crippen molar-refractivity contribution in [2.75, 3.05) is 39.4 Å². The molecular formula is C20H32N4O2. The molecule has 0 atom stereocenters. The van der Waals surface area contributed by atoms with Crippen molar-refractivity contribution in [2.24, 2.45) is 0 Å². The fraction of sp³-hybridized carbons (Fsp3) is 0.600. The van der Waals surface area contributed by atoms with Gasteiger partial charge in [-0.3, -0.25) is 4.79 Å². The van der Waals surface area contributed by atoms with Gasteiger partial charge in [-0.2, -0.15) is 0 Å². The minimum absolute atomic E-state index is 0.143. The van der Waals surface area contributed by atoms with E-state index in [9.17, 15) is 4.79 Å². The molecule has 0 spiro atoms. The van der Waals surface area contributed by atoms with Crippen LogP contribution in [0.3, 0.4) is 0 Å². The highest BCUT2D eigenvalue weighted by atomic mass is 16.5. The molecule has 0 saturated heterocycles. The Morgan fingerprint density at radius 2 is 1.96 bits per heavy atom. The standard InChI is InChI=1S/C20H32N4O2/c1-6-23(7-2)13-15-26-14-11-21-18(25)17-16-10-8-9-12-24(16)19(22-17)20(3,4)5/h8-10,12H,6-7,11,13-15H2,1-5H3,(H,21,25). The number of rotatable bonds is 9. The first kappa shape index (κ1) is 20.4. The van der Waals surface area contributed by atoms with Crippen molar-refractivity contribution in [3.8, 4) is 0 Å². The molecule has 2 heterocycles. The third-order valence-corrected chi connectivity index (χ3v) is 4.41. The van der Waals surface area contributed by atoms with Crippen molar-refractivity contribution in [1.29, 1.82) is 0 Å². The summed E-state index contributed by atoms with van der Waals surface area (Å²) in [6.07, 6.45) is 1.95. The molecule has 0 bridgehead atoms. The summed E-state index contributed by atoms with van der Waals surface area (Å²) in [5.74, 6) is 0.727. The monoisotopic (exact) mass is 360 g/mol. The maximum atomic E-state index is 12.6. The lowest BCUT2D eigenvalue weighted by Crippen LogP contribution is -2.30. The molecule has 1 N–H and O–H groups in total. The molecule has 6 heteroatoms. The zero-order valence-corrected chi connectivity index (χ0v) is 16.7. The molecule has 0 aliphatic carbocycles. The van der Waals surface area contributed by atoms with E-state index in [0.717, 1.165) is 31.0 Å². The van der Waals surface area contributed by atoms with Gasteiger partial charge in [-0.1, -0.05) is 40.7 Å². The van der Waals surface area contributed by atoms with Gasteiger partial charge < -0.3 is 19.4 Å². The Morgan fingerprint density at radius 3 is 2.62 bits per heavy atom. The molecule has 0 radical (unpaired) electrons. The number of likely N-dealkylation sites (N-methyl/N-ethyl adjacent to an activating group) is 1. The smallest absolute Gasteiger partial charge is 0.272 e. The molecule has 26 heavy (non-hydrogen) atoms. The van der Waals surface area contributed by atoms with Gasteiger partial charge in [-0.05, 0) is 25.2 Å². The van der Waals surface area contributed by atoms with Crippen LogP contribution in [-0.4, -0.2) is 59.6 Å². The Labute approximate surface area is 156 Å². The summed E-state index contributed by atoms with van der Waals surface area (Å²) < 4.78 is 7.61. The Kier molecular flexibility index (Phi) is 7.17. The number of amides is 1. The Bertz CT molecular complexity index is 714. The van der Waals surface area contributed by atoms with Gasteiger partial charge in [-0.25, -0.2) is 4.98 Å². The van der Waals surface area contributed by atoms with Gasteiger partial charge in [0.05, 0.1) is 18.7 Å². The lowest BCUT2D eigenvalue weighted by Gasteiger charge is -2.17. The number of nitrogens with one attached hydrogen (secondary N) is 1. The SMILES string of the molecule is CCN(CC)CCOCCNC(=O)c1nc(C(C)(C)C)n2ccccc12. The molecule has 0 saturated carbocycles. The fourth-order valence-corrected chi connectivity index (χ4v) is 2.89. The van der Waals surface area contributed by atoms with E-state index in [-0.39, 0.29) is 11.3 Å². The normalized spacial score (nSPS) is 12.1. The number of carbonyl (C=O) groups is 1. The van der Waals surface area contributed by atoms with E-state index in [4.69, 9.17) is 4.74 Å². The third kappa shape index (κ3) is 5.05. The predicted molar refractivity (Wildman–Crippen MR) is 105 cm³/mol. The Hall–Kier alpha value is -1.92.